The fraction of sp³-hybridized carbons (Fsp3) is 0.444. The normalized spacial score (nSPS) is 23.5. The van der Waals surface area contributed by atoms with Gasteiger partial charge in [0.2, 0.25) is 5.95 Å². The van der Waals surface area contributed by atoms with E-state index in [-0.39, 0.29) is 12.4 Å². The average molecular weight is 347 g/mol. The largest absolute Gasteiger partial charge is 0.494 e. The highest BCUT2D eigenvalue weighted by molar-refractivity contribution is 5.34. The first-order valence-corrected chi connectivity index (χ1v) is 8.21. The Hall–Kier alpha value is -2.25. The van der Waals surface area contributed by atoms with Crippen molar-refractivity contribution in [2.75, 3.05) is 31.7 Å². The van der Waals surface area contributed by atoms with Gasteiger partial charge in [-0.3, -0.25) is 0 Å². The smallest absolute Gasteiger partial charge is 0.225 e. The summed E-state index contributed by atoms with van der Waals surface area (Å²) in [5.74, 6) is 0.796. The highest BCUT2D eigenvalue weighted by atomic mass is 19.1. The molecule has 2 heterocycles. The molecule has 0 saturated carbocycles. The molecule has 6 nitrogen and oxygen atoms in total. The van der Waals surface area contributed by atoms with E-state index in [9.17, 15) is 14.6 Å². The number of piperidine rings is 1. The molecule has 134 valence electrons. The minimum atomic E-state index is -0.751. The zero-order chi connectivity index (χ0) is 17.9. The zero-order valence-electron chi connectivity index (χ0n) is 14.1. The number of methoxy groups -OCH3 is 1. The number of aromatic nitrogens is 2. The lowest BCUT2D eigenvalue weighted by molar-refractivity contribution is -0.0294. The van der Waals surface area contributed by atoms with Crippen molar-refractivity contribution in [3.8, 4) is 5.75 Å². The van der Waals surface area contributed by atoms with Crippen molar-refractivity contribution in [2.45, 2.75) is 18.9 Å². The molecule has 1 aliphatic heterocycles. The Balaban J connectivity index is 1.82. The number of nitrogens with zero attached hydrogens (tertiary/aromatic N) is 3. The van der Waals surface area contributed by atoms with E-state index in [0.29, 0.717) is 37.6 Å². The van der Waals surface area contributed by atoms with Crippen LogP contribution in [0.3, 0.4) is 0 Å². The number of aliphatic hydroxyl groups is 2. The monoisotopic (exact) mass is 347 g/mol. The van der Waals surface area contributed by atoms with Crippen molar-refractivity contribution in [3.05, 3.63) is 48.0 Å². The van der Waals surface area contributed by atoms with E-state index in [4.69, 9.17) is 4.74 Å². The Morgan fingerprint density at radius 1 is 1.28 bits per heavy atom. The molecule has 1 aromatic heterocycles. The van der Waals surface area contributed by atoms with E-state index in [0.717, 1.165) is 5.56 Å². The third kappa shape index (κ3) is 3.72. The SMILES string of the molecule is COc1cnc(N2CC[C@H](O)[C@@](CO)(Cc3ccc(F)cc3)C2)nc1. The van der Waals surface area contributed by atoms with Gasteiger partial charge in [-0.15, -0.1) is 0 Å². The molecule has 2 N–H and O–H groups in total. The molecule has 0 spiro atoms. The molecule has 2 atom stereocenters. The van der Waals surface area contributed by atoms with Gasteiger partial charge in [0, 0.05) is 18.5 Å². The van der Waals surface area contributed by atoms with Crippen LogP contribution in [-0.2, 0) is 6.42 Å². The molecule has 0 aliphatic carbocycles. The van der Waals surface area contributed by atoms with Gasteiger partial charge in [0.1, 0.15) is 5.82 Å². The van der Waals surface area contributed by atoms with Crippen molar-refractivity contribution in [3.63, 3.8) is 0 Å². The fourth-order valence-electron chi connectivity index (χ4n) is 3.29. The second-order valence-corrected chi connectivity index (χ2v) is 6.47. The van der Waals surface area contributed by atoms with Gasteiger partial charge in [-0.1, -0.05) is 12.1 Å². The summed E-state index contributed by atoms with van der Waals surface area (Å²) >= 11 is 0. The van der Waals surface area contributed by atoms with Crippen molar-refractivity contribution in [2.24, 2.45) is 5.41 Å². The first kappa shape index (κ1) is 17.6. The standard InChI is InChI=1S/C18H22FN3O3/c1-25-15-9-20-17(21-10-15)22-7-6-16(24)18(11-22,12-23)8-13-2-4-14(19)5-3-13/h2-5,9-10,16,23-24H,6-8,11-12H2,1H3/t16-,18-/m0/s1. The van der Waals surface area contributed by atoms with Gasteiger partial charge in [-0.25, -0.2) is 14.4 Å². The molecule has 1 saturated heterocycles. The molecule has 25 heavy (non-hydrogen) atoms. The fourth-order valence-corrected chi connectivity index (χ4v) is 3.29. The highest BCUT2D eigenvalue weighted by Gasteiger charge is 2.43. The van der Waals surface area contributed by atoms with Gasteiger partial charge in [0.15, 0.2) is 5.75 Å². The van der Waals surface area contributed by atoms with Gasteiger partial charge in [0.05, 0.1) is 32.2 Å². The van der Waals surface area contributed by atoms with Crippen LogP contribution in [0.1, 0.15) is 12.0 Å². The van der Waals surface area contributed by atoms with E-state index >= 15 is 0 Å². The second kappa shape index (κ2) is 7.33. The van der Waals surface area contributed by atoms with Gasteiger partial charge >= 0.3 is 0 Å². The van der Waals surface area contributed by atoms with Gasteiger partial charge in [0.25, 0.3) is 0 Å². The molecule has 0 radical (unpaired) electrons. The molecule has 1 fully saturated rings. The van der Waals surface area contributed by atoms with E-state index in [1.807, 2.05) is 4.90 Å². The molecule has 3 rings (SSSR count). The van der Waals surface area contributed by atoms with Crippen molar-refractivity contribution in [1.29, 1.82) is 0 Å². The van der Waals surface area contributed by atoms with Crippen LogP contribution in [0.4, 0.5) is 10.3 Å². The van der Waals surface area contributed by atoms with E-state index in [1.165, 1.54) is 12.1 Å². The summed E-state index contributed by atoms with van der Waals surface area (Å²) in [4.78, 5) is 10.5. The third-order valence-corrected chi connectivity index (χ3v) is 4.80. The van der Waals surface area contributed by atoms with Crippen LogP contribution in [-0.4, -0.2) is 53.1 Å². The minimum absolute atomic E-state index is 0.182. The van der Waals surface area contributed by atoms with Gasteiger partial charge in [-0.2, -0.15) is 0 Å². The maximum absolute atomic E-state index is 13.1. The van der Waals surface area contributed by atoms with Gasteiger partial charge < -0.3 is 19.8 Å². The number of rotatable bonds is 5. The Morgan fingerprint density at radius 2 is 1.96 bits per heavy atom. The van der Waals surface area contributed by atoms with Crippen LogP contribution in [0.15, 0.2) is 36.7 Å². The van der Waals surface area contributed by atoms with Crippen LogP contribution in [0.25, 0.3) is 0 Å². The lowest BCUT2D eigenvalue weighted by Gasteiger charge is -2.45. The van der Waals surface area contributed by atoms with Gasteiger partial charge in [-0.05, 0) is 30.5 Å². The van der Waals surface area contributed by atoms with Crippen LogP contribution < -0.4 is 9.64 Å². The predicted octanol–water partition coefficient (Wildman–Crippen LogP) is 1.42. The topological polar surface area (TPSA) is 78.7 Å². The van der Waals surface area contributed by atoms with Crippen LogP contribution >= 0.6 is 0 Å². The molecule has 0 unspecified atom stereocenters. The second-order valence-electron chi connectivity index (χ2n) is 6.47. The summed E-state index contributed by atoms with van der Waals surface area (Å²) < 4.78 is 18.2. The van der Waals surface area contributed by atoms with Crippen molar-refractivity contribution >= 4 is 5.95 Å². The maximum Gasteiger partial charge on any atom is 0.225 e. The van der Waals surface area contributed by atoms with Crippen LogP contribution in [0.2, 0.25) is 0 Å². The maximum atomic E-state index is 13.1. The first-order valence-electron chi connectivity index (χ1n) is 8.21. The first-order chi connectivity index (χ1) is 12.1. The lowest BCUT2D eigenvalue weighted by atomic mass is 9.73. The molecule has 7 heteroatoms. The number of aliphatic hydroxyl groups excluding tert-OH is 2. The number of benzene rings is 1. The van der Waals surface area contributed by atoms with E-state index in [1.54, 1.807) is 31.6 Å². The zero-order valence-corrected chi connectivity index (χ0v) is 14.1. The Labute approximate surface area is 145 Å². The predicted molar refractivity (Wildman–Crippen MR) is 91.0 cm³/mol. The molecule has 0 amide bonds. The highest BCUT2D eigenvalue weighted by Crippen LogP contribution is 2.35. The number of halogens is 1. The summed E-state index contributed by atoms with van der Waals surface area (Å²) in [6.07, 6.45) is 3.47. The summed E-state index contributed by atoms with van der Waals surface area (Å²) in [6.45, 7) is 0.825. The Morgan fingerprint density at radius 3 is 2.56 bits per heavy atom. The summed E-state index contributed by atoms with van der Waals surface area (Å²) in [5, 5.41) is 20.6. The number of anilines is 1. The average Bonchev–Trinajstić information content (AvgIpc) is 2.65. The van der Waals surface area contributed by atoms with Crippen LogP contribution in [0, 0.1) is 11.2 Å². The van der Waals surface area contributed by atoms with Crippen LogP contribution in [0.5, 0.6) is 5.75 Å². The minimum Gasteiger partial charge on any atom is -0.494 e. The molecular formula is C18H22FN3O3. The molecule has 1 aromatic carbocycles. The summed E-state index contributed by atoms with van der Waals surface area (Å²) in [6, 6.07) is 6.14. The third-order valence-electron chi connectivity index (χ3n) is 4.80. The quantitative estimate of drug-likeness (QED) is 0.852. The van der Waals surface area contributed by atoms with Crippen molar-refractivity contribution < 1.29 is 19.3 Å². The number of ether oxygens (including phenoxy) is 1. The molecule has 1 aliphatic rings. The Kier molecular flexibility index (Phi) is 5.15. The summed E-state index contributed by atoms with van der Waals surface area (Å²) in [5.41, 5.74) is 0.117. The van der Waals surface area contributed by atoms with Crippen molar-refractivity contribution in [1.82, 2.24) is 9.97 Å². The Bertz CT molecular complexity index is 696. The van der Waals surface area contributed by atoms with E-state index in [2.05, 4.69) is 9.97 Å². The molecule has 0 bridgehead atoms. The molecule has 2 aromatic rings. The van der Waals surface area contributed by atoms with E-state index < -0.39 is 11.5 Å². The number of hydrogen-bond donors (Lipinski definition) is 2. The number of hydrogen-bond acceptors (Lipinski definition) is 6. The molecular weight excluding hydrogens is 325 g/mol. The summed E-state index contributed by atoms with van der Waals surface area (Å²) in [7, 11) is 1.55. The lowest BCUT2D eigenvalue weighted by Crippen LogP contribution is -2.55.